The Kier molecular flexibility index (Phi) is 3.21. The minimum atomic E-state index is 0.723. The van der Waals surface area contributed by atoms with Gasteiger partial charge >= 0.3 is 0 Å². The number of hydrogen-bond donors (Lipinski definition) is 2. The van der Waals surface area contributed by atoms with E-state index < -0.39 is 0 Å². The number of para-hydroxylation sites is 1. The van der Waals surface area contributed by atoms with Crippen molar-refractivity contribution in [3.63, 3.8) is 0 Å². The molecule has 15 heavy (non-hydrogen) atoms. The van der Waals surface area contributed by atoms with Crippen molar-refractivity contribution in [2.24, 2.45) is 11.8 Å². The van der Waals surface area contributed by atoms with Crippen molar-refractivity contribution >= 4 is 23.0 Å². The number of hydrogen-bond acceptors (Lipinski definition) is 1. The molecule has 0 saturated heterocycles. The monoisotopic (exact) mass is 220 g/mol. The Labute approximate surface area is 96.1 Å². The molecule has 0 amide bonds. The maximum Gasteiger partial charge on any atom is 0.170 e. The van der Waals surface area contributed by atoms with Gasteiger partial charge in [0.25, 0.3) is 0 Å². The van der Waals surface area contributed by atoms with Crippen molar-refractivity contribution < 1.29 is 0 Å². The van der Waals surface area contributed by atoms with Crippen LogP contribution in [-0.2, 0) is 0 Å². The Balaban J connectivity index is 1.73. The molecule has 2 rings (SSSR count). The van der Waals surface area contributed by atoms with E-state index in [2.05, 4.69) is 17.6 Å². The van der Waals surface area contributed by atoms with Crippen LogP contribution < -0.4 is 10.6 Å². The third-order valence-electron chi connectivity index (χ3n) is 2.83. The van der Waals surface area contributed by atoms with Gasteiger partial charge in [-0.15, -0.1) is 0 Å². The molecule has 1 saturated carbocycles. The highest BCUT2D eigenvalue weighted by Gasteiger charge is 2.31. The van der Waals surface area contributed by atoms with Crippen LogP contribution in [0, 0.1) is 11.8 Å². The minimum absolute atomic E-state index is 0.723. The van der Waals surface area contributed by atoms with Crippen LogP contribution in [0.3, 0.4) is 0 Å². The van der Waals surface area contributed by atoms with Crippen LogP contribution >= 0.6 is 12.2 Å². The molecular weight excluding hydrogens is 204 g/mol. The van der Waals surface area contributed by atoms with Gasteiger partial charge in [0.2, 0.25) is 0 Å². The first kappa shape index (κ1) is 10.4. The molecule has 0 bridgehead atoms. The molecule has 1 aliphatic rings. The zero-order chi connectivity index (χ0) is 10.7. The van der Waals surface area contributed by atoms with E-state index in [0.29, 0.717) is 0 Å². The van der Waals surface area contributed by atoms with E-state index >= 15 is 0 Å². The molecule has 2 N–H and O–H groups in total. The molecule has 0 aliphatic heterocycles. The normalized spacial score (nSPS) is 23.3. The van der Waals surface area contributed by atoms with Crippen molar-refractivity contribution in [3.05, 3.63) is 30.3 Å². The fraction of sp³-hybridized carbons (Fsp3) is 0.417. The van der Waals surface area contributed by atoms with Gasteiger partial charge < -0.3 is 10.6 Å². The van der Waals surface area contributed by atoms with Gasteiger partial charge in [0.05, 0.1) is 0 Å². The summed E-state index contributed by atoms with van der Waals surface area (Å²) in [5.41, 5.74) is 1.04. The lowest BCUT2D eigenvalue weighted by molar-refractivity contribution is 0.715. The van der Waals surface area contributed by atoms with Crippen molar-refractivity contribution in [2.45, 2.75) is 13.3 Å². The first-order valence-corrected chi connectivity index (χ1v) is 5.76. The topological polar surface area (TPSA) is 24.1 Å². The molecule has 0 radical (unpaired) electrons. The number of rotatable bonds is 3. The molecule has 2 atom stereocenters. The van der Waals surface area contributed by atoms with E-state index in [1.807, 2.05) is 30.3 Å². The van der Waals surface area contributed by atoms with Crippen LogP contribution in [0.1, 0.15) is 13.3 Å². The molecule has 1 aromatic carbocycles. The average Bonchev–Trinajstić information content (AvgIpc) is 2.93. The van der Waals surface area contributed by atoms with Gasteiger partial charge in [-0.3, -0.25) is 0 Å². The second kappa shape index (κ2) is 4.62. The lowest BCUT2D eigenvalue weighted by Gasteiger charge is -2.09. The smallest absolute Gasteiger partial charge is 0.170 e. The molecule has 3 heteroatoms. The number of anilines is 1. The van der Waals surface area contributed by atoms with Crippen molar-refractivity contribution in [1.29, 1.82) is 0 Å². The molecule has 80 valence electrons. The van der Waals surface area contributed by atoms with Crippen LogP contribution in [0.2, 0.25) is 0 Å². The van der Waals surface area contributed by atoms with Gasteiger partial charge in [0.1, 0.15) is 0 Å². The van der Waals surface area contributed by atoms with Gasteiger partial charge in [0, 0.05) is 12.2 Å². The van der Waals surface area contributed by atoms with Crippen molar-refractivity contribution in [1.82, 2.24) is 5.32 Å². The molecule has 1 fully saturated rings. The maximum atomic E-state index is 5.20. The Morgan fingerprint density at radius 2 is 2.07 bits per heavy atom. The van der Waals surface area contributed by atoms with Crippen LogP contribution in [0.4, 0.5) is 5.69 Å². The zero-order valence-corrected chi connectivity index (χ0v) is 9.68. The predicted molar refractivity (Wildman–Crippen MR) is 67.9 cm³/mol. The molecule has 2 nitrogen and oxygen atoms in total. The third kappa shape index (κ3) is 3.20. The Bertz CT molecular complexity index is 337. The molecular formula is C12H16N2S. The van der Waals surface area contributed by atoms with Crippen LogP contribution in [-0.4, -0.2) is 11.7 Å². The summed E-state index contributed by atoms with van der Waals surface area (Å²) in [6, 6.07) is 10.00. The Morgan fingerprint density at radius 1 is 1.40 bits per heavy atom. The van der Waals surface area contributed by atoms with E-state index in [-0.39, 0.29) is 0 Å². The average molecular weight is 220 g/mol. The largest absolute Gasteiger partial charge is 0.362 e. The summed E-state index contributed by atoms with van der Waals surface area (Å²) >= 11 is 5.20. The summed E-state index contributed by atoms with van der Waals surface area (Å²) in [4.78, 5) is 0. The lowest BCUT2D eigenvalue weighted by atomic mass is 10.3. The van der Waals surface area contributed by atoms with E-state index in [1.165, 1.54) is 6.42 Å². The van der Waals surface area contributed by atoms with Crippen molar-refractivity contribution in [2.75, 3.05) is 11.9 Å². The van der Waals surface area contributed by atoms with Gasteiger partial charge in [-0.05, 0) is 42.6 Å². The molecule has 2 unspecified atom stereocenters. The standard InChI is InChI=1S/C12H16N2S/c1-9-7-10(9)8-13-12(15)14-11-5-3-2-4-6-11/h2-6,9-10H,7-8H2,1H3,(H2,13,14,15). The van der Waals surface area contributed by atoms with E-state index in [1.54, 1.807) is 0 Å². The van der Waals surface area contributed by atoms with E-state index in [0.717, 1.165) is 29.2 Å². The van der Waals surface area contributed by atoms with Gasteiger partial charge in [-0.2, -0.15) is 0 Å². The molecule has 1 aromatic rings. The summed E-state index contributed by atoms with van der Waals surface area (Å²) in [5, 5.41) is 7.13. The van der Waals surface area contributed by atoms with Crippen LogP contribution in [0.5, 0.6) is 0 Å². The van der Waals surface area contributed by atoms with Crippen LogP contribution in [0.25, 0.3) is 0 Å². The second-order valence-electron chi connectivity index (χ2n) is 4.17. The third-order valence-corrected chi connectivity index (χ3v) is 3.08. The second-order valence-corrected chi connectivity index (χ2v) is 4.58. The lowest BCUT2D eigenvalue weighted by Crippen LogP contribution is -2.30. The maximum absolute atomic E-state index is 5.20. The Hall–Kier alpha value is -1.09. The summed E-state index contributed by atoms with van der Waals surface area (Å²) in [7, 11) is 0. The number of benzene rings is 1. The highest BCUT2D eigenvalue weighted by atomic mass is 32.1. The first-order valence-electron chi connectivity index (χ1n) is 5.35. The minimum Gasteiger partial charge on any atom is -0.362 e. The summed E-state index contributed by atoms with van der Waals surface area (Å²) in [6.07, 6.45) is 1.33. The highest BCUT2D eigenvalue weighted by molar-refractivity contribution is 7.80. The van der Waals surface area contributed by atoms with Crippen LogP contribution in [0.15, 0.2) is 30.3 Å². The Morgan fingerprint density at radius 3 is 2.67 bits per heavy atom. The predicted octanol–water partition coefficient (Wildman–Crippen LogP) is 2.63. The molecule has 0 heterocycles. The fourth-order valence-electron chi connectivity index (χ4n) is 1.60. The summed E-state index contributed by atoms with van der Waals surface area (Å²) < 4.78 is 0. The number of nitrogens with one attached hydrogen (secondary N) is 2. The van der Waals surface area contributed by atoms with E-state index in [9.17, 15) is 0 Å². The van der Waals surface area contributed by atoms with E-state index in [4.69, 9.17) is 12.2 Å². The molecule has 0 aromatic heterocycles. The summed E-state index contributed by atoms with van der Waals surface area (Å²) in [6.45, 7) is 3.28. The molecule has 0 spiro atoms. The highest BCUT2D eigenvalue weighted by Crippen LogP contribution is 2.36. The van der Waals surface area contributed by atoms with Gasteiger partial charge in [-0.25, -0.2) is 0 Å². The zero-order valence-electron chi connectivity index (χ0n) is 8.86. The first-order chi connectivity index (χ1) is 7.25. The van der Waals surface area contributed by atoms with Crippen molar-refractivity contribution in [3.8, 4) is 0 Å². The fourth-order valence-corrected chi connectivity index (χ4v) is 1.81. The number of thiocarbonyl (C=S) groups is 1. The van der Waals surface area contributed by atoms with Gasteiger partial charge in [0.15, 0.2) is 5.11 Å². The SMILES string of the molecule is CC1CC1CNC(=S)Nc1ccccc1. The summed E-state index contributed by atoms with van der Waals surface area (Å²) in [5.74, 6) is 1.69. The van der Waals surface area contributed by atoms with Gasteiger partial charge in [-0.1, -0.05) is 25.1 Å². The molecule has 1 aliphatic carbocycles. The quantitative estimate of drug-likeness (QED) is 0.766.